The zero-order valence-electron chi connectivity index (χ0n) is 12.3. The first-order chi connectivity index (χ1) is 11.0. The second-order valence-electron chi connectivity index (χ2n) is 5.04. The Kier molecular flexibility index (Phi) is 3.61. The lowest BCUT2D eigenvalue weighted by Gasteiger charge is -2.24. The molecule has 2 aromatic rings. The van der Waals surface area contributed by atoms with Crippen LogP contribution >= 0.6 is 0 Å². The Balaban J connectivity index is 2.03. The maximum Gasteiger partial charge on any atom is 0.341 e. The number of anilines is 1. The van der Waals surface area contributed by atoms with Gasteiger partial charge in [-0.2, -0.15) is 5.10 Å². The van der Waals surface area contributed by atoms with E-state index < -0.39 is 18.6 Å². The van der Waals surface area contributed by atoms with Crippen LogP contribution in [0.4, 0.5) is 10.6 Å². The van der Waals surface area contributed by atoms with Crippen LogP contribution in [-0.2, 0) is 16.6 Å². The zero-order chi connectivity index (χ0) is 16.6. The number of aliphatic carboxylic acids is 1. The highest BCUT2D eigenvalue weighted by molar-refractivity contribution is 6.09. The average Bonchev–Trinajstić information content (AvgIpc) is 2.83. The van der Waals surface area contributed by atoms with E-state index in [0.29, 0.717) is 22.5 Å². The van der Waals surface area contributed by atoms with Gasteiger partial charge in [0.15, 0.2) is 12.4 Å². The van der Waals surface area contributed by atoms with Crippen molar-refractivity contribution < 1.29 is 24.2 Å². The van der Waals surface area contributed by atoms with Crippen molar-refractivity contribution in [2.75, 3.05) is 18.1 Å². The minimum absolute atomic E-state index is 0.193. The lowest BCUT2D eigenvalue weighted by molar-refractivity contribution is -0.139. The van der Waals surface area contributed by atoms with Gasteiger partial charge in [0.1, 0.15) is 11.3 Å². The number of urea groups is 1. The van der Waals surface area contributed by atoms with E-state index in [1.165, 1.54) is 9.58 Å². The summed E-state index contributed by atoms with van der Waals surface area (Å²) in [6, 6.07) is 4.56. The molecule has 0 atom stereocenters. The maximum atomic E-state index is 12.0. The van der Waals surface area contributed by atoms with Gasteiger partial charge in [-0.25, -0.2) is 9.59 Å². The Morgan fingerprint density at radius 1 is 1.43 bits per heavy atom. The van der Waals surface area contributed by atoms with Crippen LogP contribution in [0.25, 0.3) is 10.9 Å². The van der Waals surface area contributed by atoms with E-state index in [0.717, 1.165) is 0 Å². The summed E-state index contributed by atoms with van der Waals surface area (Å²) in [7, 11) is 1.67. The van der Waals surface area contributed by atoms with Crippen molar-refractivity contribution in [2.45, 2.75) is 6.42 Å². The third-order valence-electron chi connectivity index (χ3n) is 3.47. The average molecular weight is 318 g/mol. The standard InChI is InChI=1S/C14H14N4O5/c1-17-12-8(3-2-4-9(12)23-7-11(20)21)13(16-17)18-6-5-10(19)15-14(18)22/h2-4H,5-7H2,1H3,(H,20,21)(H,15,19,22). The van der Waals surface area contributed by atoms with E-state index in [2.05, 4.69) is 10.4 Å². The number of amides is 3. The van der Waals surface area contributed by atoms with E-state index in [-0.39, 0.29) is 18.9 Å². The molecule has 23 heavy (non-hydrogen) atoms. The molecule has 1 aromatic carbocycles. The second-order valence-corrected chi connectivity index (χ2v) is 5.04. The van der Waals surface area contributed by atoms with E-state index in [1.54, 1.807) is 25.2 Å². The van der Waals surface area contributed by atoms with Crippen molar-refractivity contribution in [3.05, 3.63) is 18.2 Å². The molecule has 0 spiro atoms. The Morgan fingerprint density at radius 2 is 2.22 bits per heavy atom. The number of carboxylic acid groups (broad SMARTS) is 1. The molecule has 120 valence electrons. The van der Waals surface area contributed by atoms with E-state index in [9.17, 15) is 14.4 Å². The van der Waals surface area contributed by atoms with Gasteiger partial charge in [0.05, 0.1) is 0 Å². The van der Waals surface area contributed by atoms with Crippen LogP contribution in [-0.4, -0.2) is 45.9 Å². The maximum absolute atomic E-state index is 12.0. The number of ether oxygens (including phenoxy) is 1. The number of nitrogens with one attached hydrogen (secondary N) is 1. The lowest BCUT2D eigenvalue weighted by atomic mass is 10.2. The summed E-state index contributed by atoms with van der Waals surface area (Å²) in [5.74, 6) is -0.650. The fourth-order valence-corrected chi connectivity index (χ4v) is 2.50. The van der Waals surface area contributed by atoms with Crippen molar-refractivity contribution in [3.8, 4) is 5.75 Å². The van der Waals surface area contributed by atoms with Gasteiger partial charge >= 0.3 is 12.0 Å². The van der Waals surface area contributed by atoms with Crippen LogP contribution in [0.5, 0.6) is 5.75 Å². The molecule has 2 N–H and O–H groups in total. The Morgan fingerprint density at radius 3 is 2.91 bits per heavy atom. The summed E-state index contributed by atoms with van der Waals surface area (Å²) in [5, 5.41) is 15.9. The normalized spacial score (nSPS) is 14.9. The van der Waals surface area contributed by atoms with Crippen molar-refractivity contribution >= 4 is 34.6 Å². The van der Waals surface area contributed by atoms with Gasteiger partial charge in [0, 0.05) is 25.4 Å². The smallest absolute Gasteiger partial charge is 0.341 e. The summed E-state index contributed by atoms with van der Waals surface area (Å²) in [5.41, 5.74) is 0.577. The molecule has 0 radical (unpaired) electrons. The number of carboxylic acids is 1. The third-order valence-corrected chi connectivity index (χ3v) is 3.47. The van der Waals surface area contributed by atoms with Gasteiger partial charge in [-0.15, -0.1) is 0 Å². The number of carbonyl (C=O) groups is 3. The number of aryl methyl sites for hydroxylation is 1. The fraction of sp³-hybridized carbons (Fsp3) is 0.286. The van der Waals surface area contributed by atoms with Gasteiger partial charge in [-0.05, 0) is 12.1 Å². The Labute approximate surface area is 130 Å². The van der Waals surface area contributed by atoms with E-state index in [1.807, 2.05) is 0 Å². The quantitative estimate of drug-likeness (QED) is 0.847. The van der Waals surface area contributed by atoms with Gasteiger partial charge in [0.2, 0.25) is 5.91 Å². The first-order valence-corrected chi connectivity index (χ1v) is 6.89. The predicted molar refractivity (Wildman–Crippen MR) is 79.3 cm³/mol. The summed E-state index contributed by atoms with van der Waals surface area (Å²) >= 11 is 0. The fourth-order valence-electron chi connectivity index (χ4n) is 2.50. The summed E-state index contributed by atoms with van der Waals surface area (Å²) in [6.45, 7) is -0.241. The van der Waals surface area contributed by atoms with Crippen LogP contribution in [0.15, 0.2) is 18.2 Å². The van der Waals surface area contributed by atoms with Crippen LogP contribution in [0.2, 0.25) is 0 Å². The minimum atomic E-state index is -1.08. The second kappa shape index (κ2) is 5.59. The van der Waals surface area contributed by atoms with Gasteiger partial charge in [0.25, 0.3) is 0 Å². The SMILES string of the molecule is Cn1nc(N2CCC(=O)NC2=O)c2cccc(OCC(=O)O)c21. The molecule has 0 unspecified atom stereocenters. The van der Waals surface area contributed by atoms with Crippen LogP contribution in [0.3, 0.4) is 0 Å². The van der Waals surface area contributed by atoms with Gasteiger partial charge < -0.3 is 9.84 Å². The van der Waals surface area contributed by atoms with Crippen molar-refractivity contribution in [1.29, 1.82) is 0 Å². The molecule has 0 aliphatic carbocycles. The zero-order valence-corrected chi connectivity index (χ0v) is 12.3. The topological polar surface area (TPSA) is 114 Å². The Bertz CT molecular complexity index is 813. The number of hydrogen-bond acceptors (Lipinski definition) is 5. The van der Waals surface area contributed by atoms with Crippen molar-refractivity contribution in [1.82, 2.24) is 15.1 Å². The molecule has 2 heterocycles. The largest absolute Gasteiger partial charge is 0.480 e. The molecule has 0 bridgehead atoms. The molecule has 9 heteroatoms. The number of aromatic nitrogens is 2. The molecule has 0 saturated carbocycles. The predicted octanol–water partition coefficient (Wildman–Crippen LogP) is 0.483. The summed E-state index contributed by atoms with van der Waals surface area (Å²) in [4.78, 5) is 35.3. The van der Waals surface area contributed by atoms with E-state index in [4.69, 9.17) is 9.84 Å². The van der Waals surface area contributed by atoms with Crippen LogP contribution in [0.1, 0.15) is 6.42 Å². The first-order valence-electron chi connectivity index (χ1n) is 6.89. The van der Waals surface area contributed by atoms with Crippen molar-refractivity contribution in [3.63, 3.8) is 0 Å². The molecule has 1 aliphatic heterocycles. The number of rotatable bonds is 4. The number of carbonyl (C=O) groups excluding carboxylic acids is 2. The van der Waals surface area contributed by atoms with Gasteiger partial charge in [-0.1, -0.05) is 6.07 Å². The molecule has 1 aliphatic rings. The number of benzene rings is 1. The van der Waals surface area contributed by atoms with Crippen LogP contribution < -0.4 is 15.0 Å². The molecular weight excluding hydrogens is 304 g/mol. The summed E-state index contributed by atoms with van der Waals surface area (Å²) in [6.07, 6.45) is 0.193. The Hall–Kier alpha value is -3.10. The highest BCUT2D eigenvalue weighted by Crippen LogP contribution is 2.32. The molecule has 1 saturated heterocycles. The number of nitrogens with zero attached hydrogens (tertiary/aromatic N) is 3. The van der Waals surface area contributed by atoms with Gasteiger partial charge in [-0.3, -0.25) is 19.7 Å². The van der Waals surface area contributed by atoms with Crippen molar-refractivity contribution in [2.24, 2.45) is 7.05 Å². The van der Waals surface area contributed by atoms with E-state index >= 15 is 0 Å². The third kappa shape index (κ3) is 2.68. The highest BCUT2D eigenvalue weighted by atomic mass is 16.5. The monoisotopic (exact) mass is 318 g/mol. The molecular formula is C14H14N4O5. The lowest BCUT2D eigenvalue weighted by Crippen LogP contribution is -2.49. The molecule has 1 aromatic heterocycles. The number of fused-ring (bicyclic) bond motifs is 1. The van der Waals surface area contributed by atoms with Crippen LogP contribution in [0, 0.1) is 0 Å². The number of hydrogen-bond donors (Lipinski definition) is 2. The molecule has 3 amide bonds. The summed E-state index contributed by atoms with van der Waals surface area (Å²) < 4.78 is 6.79. The molecule has 1 fully saturated rings. The minimum Gasteiger partial charge on any atom is -0.480 e. The number of imide groups is 1. The molecule has 3 rings (SSSR count). The number of para-hydroxylation sites is 1. The highest BCUT2D eigenvalue weighted by Gasteiger charge is 2.28. The molecule has 9 nitrogen and oxygen atoms in total. The first kappa shape index (κ1) is 14.8.